The van der Waals surface area contributed by atoms with Crippen LogP contribution in [0.2, 0.25) is 0 Å². The molecule has 0 aromatic heterocycles. The Balaban J connectivity index is 3.90. The smallest absolute Gasteiger partial charge is 0.212 e. The van der Waals surface area contributed by atoms with Gasteiger partial charge in [0.25, 0.3) is 0 Å². The fourth-order valence-corrected chi connectivity index (χ4v) is 1.14. The minimum Gasteiger partial charge on any atom is -0.250 e. The second-order valence-electron chi connectivity index (χ2n) is 2.78. The maximum absolute atomic E-state index is 8.91. The third-order valence-corrected chi connectivity index (χ3v) is 2.04. The Bertz CT molecular complexity index is 512. The molecule has 0 aliphatic heterocycles. The summed E-state index contributed by atoms with van der Waals surface area (Å²) in [5.74, 6) is 0. The highest BCUT2D eigenvalue weighted by atomic mass is 14.8. The Kier molecular flexibility index (Phi) is 2.14. The summed E-state index contributed by atoms with van der Waals surface area (Å²) < 4.78 is 7.69. The standard InChI is InChI=1S/C11H7N3/c1-7-5-10(13-3)11(14-4)9(6-12)8(7)2/h5H,1-2H3/i5D. The van der Waals surface area contributed by atoms with Crippen LogP contribution in [0.5, 0.6) is 0 Å². The van der Waals surface area contributed by atoms with Crippen molar-refractivity contribution in [2.24, 2.45) is 0 Å². The van der Waals surface area contributed by atoms with Crippen molar-refractivity contribution < 1.29 is 1.37 Å². The SMILES string of the molecule is [2H]c1c(C)c(C)c(C#N)c([N+]#[C-])c1[N+]#[C-]. The van der Waals surface area contributed by atoms with E-state index in [1.807, 2.05) is 6.07 Å². The van der Waals surface area contributed by atoms with Gasteiger partial charge in [0.15, 0.2) is 5.69 Å². The molecule has 0 N–H and O–H groups in total. The van der Waals surface area contributed by atoms with Gasteiger partial charge < -0.3 is 0 Å². The molecule has 0 aliphatic rings. The number of hydrogen-bond acceptors (Lipinski definition) is 1. The van der Waals surface area contributed by atoms with Gasteiger partial charge in [-0.3, -0.25) is 4.85 Å². The van der Waals surface area contributed by atoms with Gasteiger partial charge in [0.2, 0.25) is 5.69 Å². The lowest BCUT2D eigenvalue weighted by Gasteiger charge is -2.05. The summed E-state index contributed by atoms with van der Waals surface area (Å²) in [4.78, 5) is 6.32. The van der Waals surface area contributed by atoms with Crippen molar-refractivity contribution in [3.05, 3.63) is 45.6 Å². The van der Waals surface area contributed by atoms with Crippen LogP contribution in [0, 0.1) is 38.3 Å². The summed E-state index contributed by atoms with van der Waals surface area (Å²) in [6.07, 6.45) is 0. The Morgan fingerprint density at radius 1 is 1.43 bits per heavy atom. The number of nitrogens with zero attached hydrogens (tertiary/aromatic N) is 3. The topological polar surface area (TPSA) is 32.5 Å². The largest absolute Gasteiger partial charge is 0.250 e. The fourth-order valence-electron chi connectivity index (χ4n) is 1.14. The molecule has 14 heavy (non-hydrogen) atoms. The molecule has 0 fully saturated rings. The molecule has 0 amide bonds. The van der Waals surface area contributed by atoms with Gasteiger partial charge in [-0.2, -0.15) is 5.26 Å². The first-order valence-electron chi connectivity index (χ1n) is 4.37. The van der Waals surface area contributed by atoms with Gasteiger partial charge >= 0.3 is 0 Å². The maximum Gasteiger partial charge on any atom is 0.212 e. The summed E-state index contributed by atoms with van der Waals surface area (Å²) in [5.41, 5.74) is 1.39. The molecule has 0 atom stereocenters. The number of hydrogen-bond donors (Lipinski definition) is 0. The molecule has 0 aliphatic carbocycles. The zero-order valence-electron chi connectivity index (χ0n) is 8.84. The summed E-state index contributed by atoms with van der Waals surface area (Å²) >= 11 is 0. The Hall–Kier alpha value is -2.31. The summed E-state index contributed by atoms with van der Waals surface area (Å²) in [6, 6.07) is 1.97. The van der Waals surface area contributed by atoms with Crippen LogP contribution in [-0.4, -0.2) is 0 Å². The number of nitriles is 1. The predicted octanol–water partition coefficient (Wildman–Crippen LogP) is 3.28. The second kappa shape index (κ2) is 3.60. The van der Waals surface area contributed by atoms with Crippen LogP contribution in [0.4, 0.5) is 11.4 Å². The molecule has 3 nitrogen and oxygen atoms in total. The molecule has 1 aromatic rings. The Morgan fingerprint density at radius 3 is 2.50 bits per heavy atom. The Labute approximate surface area is 84.3 Å². The van der Waals surface area contributed by atoms with Crippen molar-refractivity contribution in [3.8, 4) is 6.07 Å². The number of benzene rings is 1. The summed E-state index contributed by atoms with van der Waals surface area (Å²) in [6.45, 7) is 17.2. The summed E-state index contributed by atoms with van der Waals surface area (Å²) in [5, 5.41) is 8.91. The van der Waals surface area contributed by atoms with Crippen LogP contribution < -0.4 is 0 Å². The van der Waals surface area contributed by atoms with Crippen LogP contribution in [-0.2, 0) is 0 Å². The maximum atomic E-state index is 8.91. The molecular formula is C11H7N3. The van der Waals surface area contributed by atoms with E-state index in [9.17, 15) is 0 Å². The zero-order chi connectivity index (χ0) is 11.6. The lowest BCUT2D eigenvalue weighted by Crippen LogP contribution is -1.87. The van der Waals surface area contributed by atoms with E-state index in [4.69, 9.17) is 19.8 Å². The van der Waals surface area contributed by atoms with E-state index in [-0.39, 0.29) is 23.0 Å². The van der Waals surface area contributed by atoms with Crippen molar-refractivity contribution >= 4 is 11.4 Å². The molecule has 0 radical (unpaired) electrons. The van der Waals surface area contributed by atoms with E-state index in [1.54, 1.807) is 13.8 Å². The predicted molar refractivity (Wildman–Crippen MR) is 53.2 cm³/mol. The van der Waals surface area contributed by atoms with Crippen molar-refractivity contribution in [1.29, 1.82) is 5.26 Å². The molecule has 0 saturated heterocycles. The molecule has 0 spiro atoms. The molecular weight excluding hydrogens is 174 g/mol. The van der Waals surface area contributed by atoms with Gasteiger partial charge in [-0.15, -0.1) is 0 Å². The van der Waals surface area contributed by atoms with Crippen LogP contribution in [0.1, 0.15) is 18.1 Å². The van der Waals surface area contributed by atoms with Crippen molar-refractivity contribution in [2.45, 2.75) is 13.8 Å². The number of rotatable bonds is 0. The van der Waals surface area contributed by atoms with Crippen LogP contribution in [0.15, 0.2) is 6.04 Å². The third-order valence-electron chi connectivity index (χ3n) is 2.04. The van der Waals surface area contributed by atoms with E-state index in [0.29, 0.717) is 11.1 Å². The molecule has 66 valence electrons. The Morgan fingerprint density at radius 2 is 2.07 bits per heavy atom. The van der Waals surface area contributed by atoms with E-state index in [2.05, 4.69) is 9.69 Å². The van der Waals surface area contributed by atoms with Crippen molar-refractivity contribution in [1.82, 2.24) is 0 Å². The van der Waals surface area contributed by atoms with E-state index < -0.39 is 0 Å². The second-order valence-corrected chi connectivity index (χ2v) is 2.78. The first-order valence-corrected chi connectivity index (χ1v) is 3.87. The van der Waals surface area contributed by atoms with E-state index >= 15 is 0 Å². The van der Waals surface area contributed by atoms with Gasteiger partial charge in [-0.05, 0) is 19.4 Å². The van der Waals surface area contributed by atoms with Gasteiger partial charge in [0, 0.05) is 1.37 Å². The van der Waals surface area contributed by atoms with Crippen molar-refractivity contribution in [2.75, 3.05) is 0 Å². The molecule has 1 rings (SSSR count). The van der Waals surface area contributed by atoms with Gasteiger partial charge in [0.1, 0.15) is 0 Å². The van der Waals surface area contributed by atoms with Crippen LogP contribution in [0.25, 0.3) is 9.69 Å². The minimum atomic E-state index is -0.0235. The lowest BCUT2D eigenvalue weighted by atomic mass is 10.0. The first-order chi connectivity index (χ1) is 7.08. The van der Waals surface area contributed by atoms with Crippen molar-refractivity contribution in [3.63, 3.8) is 0 Å². The highest BCUT2D eigenvalue weighted by Gasteiger charge is 2.13. The normalized spacial score (nSPS) is 9.50. The third kappa shape index (κ3) is 1.30. The average Bonchev–Trinajstić information content (AvgIpc) is 2.25. The molecule has 1 aromatic carbocycles. The molecule has 3 heteroatoms. The average molecular weight is 182 g/mol. The molecule has 0 heterocycles. The molecule has 0 saturated carbocycles. The van der Waals surface area contributed by atoms with Crippen LogP contribution >= 0.6 is 0 Å². The van der Waals surface area contributed by atoms with E-state index in [0.717, 1.165) is 0 Å². The zero-order valence-corrected chi connectivity index (χ0v) is 7.84. The summed E-state index contributed by atoms with van der Waals surface area (Å²) in [7, 11) is 0. The monoisotopic (exact) mass is 182 g/mol. The van der Waals surface area contributed by atoms with Crippen LogP contribution in [0.3, 0.4) is 0 Å². The first kappa shape index (κ1) is 8.30. The lowest BCUT2D eigenvalue weighted by molar-refractivity contribution is 1.32. The van der Waals surface area contributed by atoms with E-state index in [1.165, 1.54) is 0 Å². The molecule has 0 unspecified atom stereocenters. The fraction of sp³-hybridized carbons (Fsp3) is 0.182. The highest BCUT2D eigenvalue weighted by Crippen LogP contribution is 2.35. The highest BCUT2D eigenvalue weighted by molar-refractivity contribution is 5.79. The quantitative estimate of drug-likeness (QED) is 0.566. The van der Waals surface area contributed by atoms with Gasteiger partial charge in [-0.1, -0.05) is 11.6 Å². The minimum absolute atomic E-state index is 0.000556. The molecule has 0 bridgehead atoms. The van der Waals surface area contributed by atoms with Gasteiger partial charge in [-0.25, -0.2) is 4.85 Å². The van der Waals surface area contributed by atoms with Gasteiger partial charge in [0.05, 0.1) is 24.8 Å².